The van der Waals surface area contributed by atoms with E-state index in [-0.39, 0.29) is 11.3 Å². The van der Waals surface area contributed by atoms with Gasteiger partial charge in [0.05, 0.1) is 12.1 Å². The van der Waals surface area contributed by atoms with Gasteiger partial charge in [-0.15, -0.1) is 0 Å². The zero-order valence-electron chi connectivity index (χ0n) is 17.6. The van der Waals surface area contributed by atoms with Crippen molar-refractivity contribution in [2.24, 2.45) is 0 Å². The van der Waals surface area contributed by atoms with Crippen LogP contribution in [0, 0.1) is 18.3 Å². The maximum atomic E-state index is 12.5. The third kappa shape index (κ3) is 5.81. The zero-order chi connectivity index (χ0) is 23.1. The zero-order valence-corrected chi connectivity index (χ0v) is 18.3. The second kappa shape index (κ2) is 10.4. The molecular weight excluding hydrogens is 428 g/mol. The highest BCUT2D eigenvalue weighted by Gasteiger charge is 2.15. The van der Waals surface area contributed by atoms with E-state index in [9.17, 15) is 15.2 Å². The van der Waals surface area contributed by atoms with Gasteiger partial charge >= 0.3 is 0 Å². The number of hydrogen-bond acceptors (Lipinski definition) is 5. The van der Waals surface area contributed by atoms with Crippen molar-refractivity contribution in [1.29, 1.82) is 5.26 Å². The normalized spacial score (nSPS) is 10.9. The molecule has 3 rings (SSSR count). The van der Waals surface area contributed by atoms with Crippen LogP contribution in [0.25, 0.3) is 6.08 Å². The first kappa shape index (κ1) is 22.7. The minimum absolute atomic E-state index is 0.0745. The fourth-order valence-corrected chi connectivity index (χ4v) is 3.25. The molecular formula is C25H21ClN2O4. The molecule has 3 aromatic rings. The summed E-state index contributed by atoms with van der Waals surface area (Å²) in [6.45, 7) is 2.31. The number of aryl methyl sites for hydroxylation is 1. The standard InChI is InChI=1S/C25H21ClN2O4/c1-16-4-3-5-17(10-16)15-32-24-22(26)12-18(13-23(24)31-2)11-19(14-27)25(30)28-20-6-8-21(29)9-7-20/h3-13,29H,15H2,1-2H3,(H,28,30)/b19-11+. The summed E-state index contributed by atoms with van der Waals surface area (Å²) in [6, 6.07) is 19.0. The average Bonchev–Trinajstić information content (AvgIpc) is 2.77. The topological polar surface area (TPSA) is 91.6 Å². The molecule has 0 radical (unpaired) electrons. The van der Waals surface area contributed by atoms with Gasteiger partial charge in [0.1, 0.15) is 24.0 Å². The Labute approximate surface area is 191 Å². The lowest BCUT2D eigenvalue weighted by Gasteiger charge is -2.14. The number of phenols is 1. The molecule has 0 heterocycles. The van der Waals surface area contributed by atoms with Gasteiger partial charge in [-0.1, -0.05) is 41.4 Å². The fourth-order valence-electron chi connectivity index (χ4n) is 2.98. The second-order valence-electron chi connectivity index (χ2n) is 6.98. The lowest BCUT2D eigenvalue weighted by molar-refractivity contribution is -0.112. The van der Waals surface area contributed by atoms with Crippen LogP contribution in [-0.2, 0) is 11.4 Å². The molecule has 162 valence electrons. The monoisotopic (exact) mass is 448 g/mol. The molecule has 0 aliphatic rings. The van der Waals surface area contributed by atoms with Crippen molar-refractivity contribution in [2.75, 3.05) is 12.4 Å². The van der Waals surface area contributed by atoms with Crippen LogP contribution in [0.4, 0.5) is 5.69 Å². The SMILES string of the molecule is COc1cc(/C=C(\C#N)C(=O)Nc2ccc(O)cc2)cc(Cl)c1OCc1cccc(C)c1. The van der Waals surface area contributed by atoms with E-state index in [2.05, 4.69) is 5.32 Å². The van der Waals surface area contributed by atoms with Crippen molar-refractivity contribution < 1.29 is 19.4 Å². The molecule has 0 fully saturated rings. The molecule has 0 aliphatic heterocycles. The Hall–Kier alpha value is -3.95. The van der Waals surface area contributed by atoms with Crippen molar-refractivity contribution in [3.63, 3.8) is 0 Å². The Kier molecular flexibility index (Phi) is 7.37. The van der Waals surface area contributed by atoms with Gasteiger partial charge in [-0.2, -0.15) is 5.26 Å². The summed E-state index contributed by atoms with van der Waals surface area (Å²) in [4.78, 5) is 12.5. The Morgan fingerprint density at radius 3 is 2.59 bits per heavy atom. The number of nitrogens with one attached hydrogen (secondary N) is 1. The van der Waals surface area contributed by atoms with Crippen LogP contribution in [0.1, 0.15) is 16.7 Å². The van der Waals surface area contributed by atoms with Gasteiger partial charge in [0, 0.05) is 5.69 Å². The summed E-state index contributed by atoms with van der Waals surface area (Å²) in [7, 11) is 1.49. The molecule has 0 saturated heterocycles. The minimum atomic E-state index is -0.590. The summed E-state index contributed by atoms with van der Waals surface area (Å²) < 4.78 is 11.3. The summed E-state index contributed by atoms with van der Waals surface area (Å²) in [5, 5.41) is 21.7. The van der Waals surface area contributed by atoms with Gasteiger partial charge in [0.25, 0.3) is 5.91 Å². The third-order valence-corrected chi connectivity index (χ3v) is 4.80. The Morgan fingerprint density at radius 2 is 1.94 bits per heavy atom. The number of halogens is 1. The first-order valence-corrected chi connectivity index (χ1v) is 10.1. The average molecular weight is 449 g/mol. The van der Waals surface area contributed by atoms with Crippen LogP contribution >= 0.6 is 11.6 Å². The van der Waals surface area contributed by atoms with E-state index in [4.69, 9.17) is 21.1 Å². The Morgan fingerprint density at radius 1 is 1.19 bits per heavy atom. The molecule has 2 N–H and O–H groups in total. The van der Waals surface area contributed by atoms with Crippen molar-refractivity contribution in [1.82, 2.24) is 0 Å². The molecule has 0 aromatic heterocycles. The molecule has 0 aliphatic carbocycles. The number of aromatic hydroxyl groups is 1. The first-order chi connectivity index (χ1) is 15.4. The van der Waals surface area contributed by atoms with Gasteiger partial charge in [0.15, 0.2) is 11.5 Å². The number of nitrogens with zero attached hydrogens (tertiary/aromatic N) is 1. The number of hydrogen-bond donors (Lipinski definition) is 2. The molecule has 0 atom stereocenters. The van der Waals surface area contributed by atoms with Crippen LogP contribution in [0.15, 0.2) is 66.2 Å². The number of methoxy groups -OCH3 is 1. The van der Waals surface area contributed by atoms with Crippen molar-refractivity contribution in [3.8, 4) is 23.3 Å². The second-order valence-corrected chi connectivity index (χ2v) is 7.39. The summed E-state index contributed by atoms with van der Waals surface area (Å²) >= 11 is 6.42. The van der Waals surface area contributed by atoms with Gasteiger partial charge in [-0.05, 0) is 60.5 Å². The molecule has 6 nitrogen and oxygen atoms in total. The largest absolute Gasteiger partial charge is 0.508 e. The Balaban J connectivity index is 1.81. The number of rotatable bonds is 7. The minimum Gasteiger partial charge on any atom is -0.508 e. The smallest absolute Gasteiger partial charge is 0.266 e. The summed E-state index contributed by atoms with van der Waals surface area (Å²) in [5.41, 5.74) is 2.95. The molecule has 3 aromatic carbocycles. The Bertz CT molecular complexity index is 1200. The van der Waals surface area contributed by atoms with Gasteiger partial charge < -0.3 is 19.9 Å². The number of carbonyl (C=O) groups excluding carboxylic acids is 1. The van der Waals surface area contributed by atoms with E-state index in [0.29, 0.717) is 34.4 Å². The first-order valence-electron chi connectivity index (χ1n) is 9.67. The predicted molar refractivity (Wildman–Crippen MR) is 124 cm³/mol. The molecule has 1 amide bonds. The molecule has 0 unspecified atom stereocenters. The number of amides is 1. The van der Waals surface area contributed by atoms with Crippen LogP contribution in [0.2, 0.25) is 5.02 Å². The number of carbonyl (C=O) groups is 1. The maximum absolute atomic E-state index is 12.5. The molecule has 7 heteroatoms. The number of nitriles is 1. The van der Waals surface area contributed by atoms with Gasteiger partial charge in [-0.25, -0.2) is 0 Å². The van der Waals surface area contributed by atoms with Crippen molar-refractivity contribution >= 4 is 29.3 Å². The predicted octanol–water partition coefficient (Wildman–Crippen LogP) is 5.49. The molecule has 0 bridgehead atoms. The van der Waals surface area contributed by atoms with Gasteiger partial charge in [0.2, 0.25) is 0 Å². The highest BCUT2D eigenvalue weighted by Crippen LogP contribution is 2.37. The van der Waals surface area contributed by atoms with Gasteiger partial charge in [-0.3, -0.25) is 4.79 Å². The van der Waals surface area contributed by atoms with E-state index in [1.54, 1.807) is 12.1 Å². The summed E-state index contributed by atoms with van der Waals surface area (Å²) in [6.07, 6.45) is 1.41. The van der Waals surface area contributed by atoms with Crippen LogP contribution < -0.4 is 14.8 Å². The van der Waals surface area contributed by atoms with E-state index >= 15 is 0 Å². The van der Waals surface area contributed by atoms with Crippen molar-refractivity contribution in [2.45, 2.75) is 13.5 Å². The number of phenolic OH excluding ortho intramolecular Hbond substituents is 1. The highest BCUT2D eigenvalue weighted by molar-refractivity contribution is 6.32. The van der Waals surface area contributed by atoms with Crippen LogP contribution in [-0.4, -0.2) is 18.1 Å². The lowest BCUT2D eigenvalue weighted by Crippen LogP contribution is -2.13. The number of anilines is 1. The number of benzene rings is 3. The van der Waals surface area contributed by atoms with E-state index < -0.39 is 5.91 Å². The quantitative estimate of drug-likeness (QED) is 0.283. The van der Waals surface area contributed by atoms with Crippen LogP contribution in [0.3, 0.4) is 0 Å². The maximum Gasteiger partial charge on any atom is 0.266 e. The van der Waals surface area contributed by atoms with Crippen molar-refractivity contribution in [3.05, 3.63) is 87.9 Å². The van der Waals surface area contributed by atoms with Crippen LogP contribution in [0.5, 0.6) is 17.2 Å². The van der Waals surface area contributed by atoms with E-state index in [1.807, 2.05) is 37.3 Å². The molecule has 0 spiro atoms. The molecule has 32 heavy (non-hydrogen) atoms. The molecule has 0 saturated carbocycles. The number of ether oxygens (including phenoxy) is 2. The van der Waals surface area contributed by atoms with E-state index in [1.165, 1.54) is 37.5 Å². The highest BCUT2D eigenvalue weighted by atomic mass is 35.5. The summed E-state index contributed by atoms with van der Waals surface area (Å²) in [5.74, 6) is 0.242. The van der Waals surface area contributed by atoms with E-state index in [0.717, 1.165) is 11.1 Å². The fraction of sp³-hybridized carbons (Fsp3) is 0.120. The third-order valence-electron chi connectivity index (χ3n) is 4.52. The lowest BCUT2D eigenvalue weighted by atomic mass is 10.1.